The van der Waals surface area contributed by atoms with Crippen LogP contribution in [-0.4, -0.2) is 31.6 Å². The van der Waals surface area contributed by atoms with E-state index < -0.39 is 36.6 Å². The molecule has 1 aliphatic heterocycles. The van der Waals surface area contributed by atoms with Gasteiger partial charge in [-0.2, -0.15) is 0 Å². The normalized spacial score (nSPS) is 52.5. The third-order valence-corrected chi connectivity index (χ3v) is 5.02. The molecular formula is C18H25NO. The largest absolute Gasteiger partial charge is 0.497 e. The number of fused-ring (bicyclic) bond motifs is 1. The molecule has 2 nitrogen and oxygen atoms in total. The zero-order valence-corrected chi connectivity index (χ0v) is 12.0. The van der Waals surface area contributed by atoms with E-state index in [9.17, 15) is 1.37 Å². The van der Waals surface area contributed by atoms with Gasteiger partial charge in [-0.1, -0.05) is 18.9 Å². The van der Waals surface area contributed by atoms with Crippen LogP contribution in [0.3, 0.4) is 0 Å². The summed E-state index contributed by atoms with van der Waals surface area (Å²) in [6, 6.07) is 3.00. The molecule has 20 heavy (non-hydrogen) atoms. The van der Waals surface area contributed by atoms with Crippen molar-refractivity contribution in [3.05, 3.63) is 29.3 Å². The maximum Gasteiger partial charge on any atom is 0.119 e. The van der Waals surface area contributed by atoms with E-state index in [0.717, 1.165) is 17.7 Å². The molecule has 1 unspecified atom stereocenters. The SMILES string of the molecule is [2H]C1([2H])N(C)[C@]2([2H])C3CCCC[C@]3(c3cc(OC)ccc3C2([2H])[2H])C1([2H])[2H]. The van der Waals surface area contributed by atoms with Gasteiger partial charge in [0.2, 0.25) is 0 Å². The van der Waals surface area contributed by atoms with E-state index in [0.29, 0.717) is 24.2 Å². The first kappa shape index (κ1) is 7.31. The Bertz CT molecular complexity index is 798. The summed E-state index contributed by atoms with van der Waals surface area (Å²) in [5.41, 5.74) is -0.512. The maximum absolute atomic E-state index is 9.25. The number of benzene rings is 1. The maximum atomic E-state index is 9.25. The van der Waals surface area contributed by atoms with E-state index in [1.165, 1.54) is 14.2 Å². The molecular weight excluding hydrogens is 246 g/mol. The van der Waals surface area contributed by atoms with Gasteiger partial charge in [-0.15, -0.1) is 0 Å². The summed E-state index contributed by atoms with van der Waals surface area (Å²) in [5.74, 6) is -0.159. The average molecular weight is 278 g/mol. The topological polar surface area (TPSA) is 12.5 Å². The highest BCUT2D eigenvalue weighted by Crippen LogP contribution is 2.55. The van der Waals surface area contributed by atoms with Crippen LogP contribution in [0.4, 0.5) is 0 Å². The van der Waals surface area contributed by atoms with Gasteiger partial charge in [-0.25, -0.2) is 0 Å². The standard InChI is InChI=1S/C18H25NO/c1-19-10-9-18-8-4-3-5-15(18)17(19)11-13-6-7-14(20-2)12-16(13)18/h6-7,12,15,17H,3-5,8-11H2,1-2H3/t15?,17-,18-/m0/s1/i9D2,10D2,11D2,17D. The summed E-state index contributed by atoms with van der Waals surface area (Å²) in [7, 11) is 2.86. The molecule has 108 valence electrons. The molecule has 1 heterocycles. The molecule has 1 aromatic carbocycles. The summed E-state index contributed by atoms with van der Waals surface area (Å²) in [6.45, 7) is -2.49. The van der Waals surface area contributed by atoms with Gasteiger partial charge in [0.25, 0.3) is 0 Å². The number of rotatable bonds is 1. The summed E-state index contributed by atoms with van der Waals surface area (Å²) in [4.78, 5) is 1.02. The van der Waals surface area contributed by atoms with Crippen LogP contribution in [0.2, 0.25) is 0 Å². The molecule has 2 heteroatoms. The second-order valence-electron chi connectivity index (χ2n) is 5.99. The third-order valence-electron chi connectivity index (χ3n) is 5.02. The van der Waals surface area contributed by atoms with Crippen LogP contribution in [0.1, 0.15) is 52.8 Å². The van der Waals surface area contributed by atoms with Crippen molar-refractivity contribution >= 4 is 0 Å². The fraction of sp³-hybridized carbons (Fsp3) is 0.667. The van der Waals surface area contributed by atoms with Crippen molar-refractivity contribution in [2.24, 2.45) is 5.92 Å². The van der Waals surface area contributed by atoms with Crippen LogP contribution in [-0.2, 0) is 11.8 Å². The summed E-state index contributed by atoms with van der Waals surface area (Å²) < 4.78 is 67.4. The molecule has 1 aromatic rings. The van der Waals surface area contributed by atoms with Gasteiger partial charge in [0.05, 0.1) is 7.11 Å². The predicted molar refractivity (Wildman–Crippen MR) is 81.4 cm³/mol. The van der Waals surface area contributed by atoms with Crippen LogP contribution in [0.25, 0.3) is 0 Å². The second-order valence-corrected chi connectivity index (χ2v) is 5.99. The van der Waals surface area contributed by atoms with Crippen LogP contribution in [0.15, 0.2) is 18.2 Å². The lowest BCUT2D eigenvalue weighted by atomic mass is 9.52. The van der Waals surface area contributed by atoms with Gasteiger partial charge in [0, 0.05) is 21.0 Å². The molecule has 0 aromatic heterocycles. The molecule has 3 atom stereocenters. The highest BCUT2D eigenvalue weighted by Gasteiger charge is 2.53. The Balaban J connectivity index is 2.17. The molecule has 2 aliphatic carbocycles. The highest BCUT2D eigenvalue weighted by atomic mass is 16.5. The second kappa shape index (κ2) is 4.49. The Kier molecular flexibility index (Phi) is 1.64. The van der Waals surface area contributed by atoms with Gasteiger partial charge in [0.15, 0.2) is 0 Å². The quantitative estimate of drug-likeness (QED) is 0.781. The molecule has 0 radical (unpaired) electrons. The smallest absolute Gasteiger partial charge is 0.119 e. The minimum absolute atomic E-state index is 0.280. The minimum atomic E-state index is -2.49. The van der Waals surface area contributed by atoms with Crippen molar-refractivity contribution in [1.29, 1.82) is 0 Å². The molecule has 2 fully saturated rings. The fourth-order valence-corrected chi connectivity index (χ4v) is 4.00. The first-order valence-corrected chi connectivity index (χ1v) is 7.33. The Morgan fingerprint density at radius 3 is 3.20 bits per heavy atom. The van der Waals surface area contributed by atoms with Crippen molar-refractivity contribution in [2.45, 2.75) is 49.9 Å². The van der Waals surface area contributed by atoms with E-state index in [1.54, 1.807) is 18.2 Å². The van der Waals surface area contributed by atoms with Crippen LogP contribution in [0.5, 0.6) is 5.75 Å². The number of piperidine rings is 1. The van der Waals surface area contributed by atoms with E-state index in [1.807, 2.05) is 0 Å². The van der Waals surface area contributed by atoms with Gasteiger partial charge >= 0.3 is 0 Å². The Morgan fingerprint density at radius 2 is 2.35 bits per heavy atom. The molecule has 2 bridgehead atoms. The van der Waals surface area contributed by atoms with E-state index >= 15 is 0 Å². The predicted octanol–water partition coefficient (Wildman–Crippen LogP) is 3.38. The van der Waals surface area contributed by atoms with Crippen molar-refractivity contribution < 1.29 is 14.3 Å². The number of likely N-dealkylation sites (N-methyl/N-ethyl adjacent to an activating group) is 1. The fourth-order valence-electron chi connectivity index (χ4n) is 4.00. The van der Waals surface area contributed by atoms with E-state index in [-0.39, 0.29) is 5.56 Å². The Hall–Kier alpha value is -1.02. The molecule has 0 N–H and O–H groups in total. The highest BCUT2D eigenvalue weighted by molar-refractivity contribution is 5.45. The molecule has 0 spiro atoms. The number of hydrogen-bond donors (Lipinski definition) is 0. The number of methoxy groups -OCH3 is 1. The lowest BCUT2D eigenvalue weighted by Gasteiger charge is -2.58. The van der Waals surface area contributed by atoms with Gasteiger partial charge < -0.3 is 9.64 Å². The van der Waals surface area contributed by atoms with Gasteiger partial charge in [-0.05, 0) is 68.3 Å². The van der Waals surface area contributed by atoms with Gasteiger partial charge in [0.1, 0.15) is 5.75 Å². The zero-order chi connectivity index (χ0) is 20.0. The van der Waals surface area contributed by atoms with Crippen LogP contribution < -0.4 is 4.74 Å². The number of nitrogens with zero attached hydrogens (tertiary/aromatic N) is 1. The summed E-state index contributed by atoms with van der Waals surface area (Å²) in [6.07, 6.45) is -2.03. The van der Waals surface area contributed by atoms with Crippen molar-refractivity contribution in [3.63, 3.8) is 0 Å². The summed E-state index contributed by atoms with van der Waals surface area (Å²) >= 11 is 0. The first-order valence-electron chi connectivity index (χ1n) is 10.8. The number of hydrogen-bond acceptors (Lipinski definition) is 2. The van der Waals surface area contributed by atoms with Gasteiger partial charge in [-0.3, -0.25) is 0 Å². The molecule has 1 saturated heterocycles. The summed E-state index contributed by atoms with van der Waals surface area (Å²) in [5, 5.41) is 0. The lowest BCUT2D eigenvalue weighted by molar-refractivity contribution is 0.00274. The first-order chi connectivity index (χ1) is 12.4. The Labute approximate surface area is 132 Å². The molecule has 4 rings (SSSR count). The van der Waals surface area contributed by atoms with Crippen molar-refractivity contribution in [1.82, 2.24) is 4.90 Å². The molecule has 1 saturated carbocycles. The number of likely N-dealkylation sites (tertiary alicyclic amines) is 1. The third kappa shape index (κ3) is 1.60. The van der Waals surface area contributed by atoms with Crippen molar-refractivity contribution in [2.75, 3.05) is 20.7 Å². The average Bonchev–Trinajstić information content (AvgIpc) is 2.64. The van der Waals surface area contributed by atoms with Crippen molar-refractivity contribution in [3.8, 4) is 5.75 Å². The zero-order valence-electron chi connectivity index (χ0n) is 19.0. The van der Waals surface area contributed by atoms with Crippen LogP contribution >= 0.6 is 0 Å². The lowest BCUT2D eigenvalue weighted by Crippen LogP contribution is -2.59. The molecule has 0 amide bonds. The number of ether oxygens (including phenoxy) is 1. The van der Waals surface area contributed by atoms with Crippen LogP contribution in [0, 0.1) is 5.92 Å². The van der Waals surface area contributed by atoms with E-state index in [4.69, 9.17) is 13.0 Å². The minimum Gasteiger partial charge on any atom is -0.497 e. The Morgan fingerprint density at radius 1 is 1.45 bits per heavy atom. The monoisotopic (exact) mass is 278 g/mol. The van der Waals surface area contributed by atoms with E-state index in [2.05, 4.69) is 0 Å². The molecule has 3 aliphatic rings.